The summed E-state index contributed by atoms with van der Waals surface area (Å²) in [7, 11) is 1.56. The first-order valence-corrected chi connectivity index (χ1v) is 15.8. The number of fused-ring (bicyclic) bond motifs is 1. The topological polar surface area (TPSA) is 75.1 Å². The van der Waals surface area contributed by atoms with Gasteiger partial charge in [-0.3, -0.25) is 14.7 Å². The number of carboxylic acid groups (broad SMARTS) is 1. The van der Waals surface area contributed by atoms with Gasteiger partial charge in [-0.2, -0.15) is 0 Å². The van der Waals surface area contributed by atoms with Crippen molar-refractivity contribution in [2.24, 2.45) is 5.41 Å². The number of hydrogen-bond donors (Lipinski definition) is 1. The lowest BCUT2D eigenvalue weighted by molar-refractivity contribution is -0.153. The molecule has 5 rings (SSSR count). The van der Waals surface area contributed by atoms with Crippen LogP contribution in [0.5, 0.6) is 5.75 Å². The Kier molecular flexibility index (Phi) is 10.7. The second-order valence-corrected chi connectivity index (χ2v) is 12.6. The van der Waals surface area contributed by atoms with E-state index in [9.17, 15) is 23.1 Å². The molecule has 3 heterocycles. The van der Waals surface area contributed by atoms with E-state index in [4.69, 9.17) is 9.47 Å². The number of thioether (sulfide) groups is 1. The number of ether oxygens (including phenoxy) is 2. The van der Waals surface area contributed by atoms with Crippen molar-refractivity contribution < 1.29 is 36.9 Å². The number of likely N-dealkylation sites (tertiary alicyclic amines) is 1. The number of carboxylic acids is 1. The molecular weight excluding hydrogens is 598 g/mol. The van der Waals surface area contributed by atoms with E-state index in [1.54, 1.807) is 31.5 Å². The zero-order valence-electron chi connectivity index (χ0n) is 24.7. The van der Waals surface area contributed by atoms with Gasteiger partial charge in [-0.25, -0.2) is 17.6 Å². The fourth-order valence-electron chi connectivity index (χ4n) is 6.10. The average molecular weight is 636 g/mol. The Bertz CT molecular complexity index is 1470. The van der Waals surface area contributed by atoms with Crippen molar-refractivity contribution in [2.45, 2.75) is 43.3 Å². The third-order valence-corrected chi connectivity index (χ3v) is 9.77. The third kappa shape index (κ3) is 7.47. The minimum atomic E-state index is -1.41. The Labute approximate surface area is 258 Å². The van der Waals surface area contributed by atoms with Crippen molar-refractivity contribution in [2.75, 3.05) is 58.8 Å². The second kappa shape index (κ2) is 14.4. The minimum absolute atomic E-state index is 0.0407. The van der Waals surface area contributed by atoms with Gasteiger partial charge in [0.15, 0.2) is 11.6 Å². The van der Waals surface area contributed by atoms with Crippen LogP contribution in [-0.2, 0) is 16.1 Å². The molecule has 1 aromatic heterocycles. The number of hydrogen-bond acceptors (Lipinski definition) is 7. The highest BCUT2D eigenvalue weighted by Gasteiger charge is 2.42. The number of carbonyl (C=O) groups is 1. The molecule has 7 nitrogen and oxygen atoms in total. The Hall–Kier alpha value is -2.93. The number of alkyl halides is 1. The normalized spacial score (nSPS) is 18.4. The maximum absolute atomic E-state index is 16.4. The smallest absolute Gasteiger partial charge is 0.309 e. The van der Waals surface area contributed by atoms with Crippen molar-refractivity contribution >= 4 is 28.6 Å². The summed E-state index contributed by atoms with van der Waals surface area (Å²) in [5, 5.41) is 10.9. The van der Waals surface area contributed by atoms with Gasteiger partial charge in [-0.1, -0.05) is 0 Å². The van der Waals surface area contributed by atoms with Gasteiger partial charge in [-0.05, 0) is 68.6 Å². The lowest BCUT2D eigenvalue weighted by atomic mass is 9.74. The molecule has 0 aliphatic carbocycles. The van der Waals surface area contributed by atoms with Crippen LogP contribution in [0, 0.1) is 22.9 Å². The van der Waals surface area contributed by atoms with Crippen LogP contribution < -0.4 is 4.74 Å². The fourth-order valence-corrected chi connectivity index (χ4v) is 7.09. The second-order valence-electron chi connectivity index (χ2n) is 11.5. The monoisotopic (exact) mass is 635 g/mol. The number of benzene rings is 2. The SMILES string of the molecule is COc1ccc2ncc(CN3CCOCC3)c(C(F)CCC3(C(=O)O)CCN(CCSc4cc(F)cc(F)c4F)CC3)c2c1. The van der Waals surface area contributed by atoms with Gasteiger partial charge in [0.1, 0.15) is 17.7 Å². The van der Waals surface area contributed by atoms with Crippen LogP contribution in [0.2, 0.25) is 0 Å². The molecule has 12 heteroatoms. The van der Waals surface area contributed by atoms with E-state index in [0.717, 1.165) is 36.5 Å². The molecule has 0 radical (unpaired) electrons. The molecule has 238 valence electrons. The van der Waals surface area contributed by atoms with Crippen LogP contribution in [0.3, 0.4) is 0 Å². The number of morpholine rings is 1. The molecule has 0 amide bonds. The van der Waals surface area contributed by atoms with E-state index in [0.29, 0.717) is 86.3 Å². The number of nitrogens with zero attached hydrogens (tertiary/aromatic N) is 3. The lowest BCUT2D eigenvalue weighted by Gasteiger charge is -2.39. The molecule has 0 saturated carbocycles. The number of pyridine rings is 1. The van der Waals surface area contributed by atoms with Crippen molar-refractivity contribution in [3.63, 3.8) is 0 Å². The van der Waals surface area contributed by atoms with Crippen LogP contribution in [0.1, 0.15) is 43.0 Å². The number of piperidine rings is 1. The summed E-state index contributed by atoms with van der Waals surface area (Å²) in [6.07, 6.45) is 1.21. The molecule has 2 fully saturated rings. The average Bonchev–Trinajstić information content (AvgIpc) is 3.02. The molecule has 2 aliphatic rings. The van der Waals surface area contributed by atoms with Gasteiger partial charge in [0.2, 0.25) is 0 Å². The van der Waals surface area contributed by atoms with Crippen LogP contribution in [0.15, 0.2) is 41.4 Å². The molecule has 0 spiro atoms. The van der Waals surface area contributed by atoms with E-state index in [-0.39, 0.29) is 17.7 Å². The van der Waals surface area contributed by atoms with Gasteiger partial charge >= 0.3 is 5.97 Å². The quantitative estimate of drug-likeness (QED) is 0.142. The summed E-state index contributed by atoms with van der Waals surface area (Å²) in [5.41, 5.74) is 0.869. The highest BCUT2D eigenvalue weighted by Crippen LogP contribution is 2.42. The minimum Gasteiger partial charge on any atom is -0.497 e. The van der Waals surface area contributed by atoms with E-state index in [2.05, 4.69) is 14.8 Å². The van der Waals surface area contributed by atoms with Gasteiger partial charge in [0, 0.05) is 60.0 Å². The zero-order valence-corrected chi connectivity index (χ0v) is 25.5. The number of aromatic nitrogens is 1. The van der Waals surface area contributed by atoms with Crippen molar-refractivity contribution in [1.29, 1.82) is 0 Å². The highest BCUT2D eigenvalue weighted by molar-refractivity contribution is 7.99. The Morgan fingerprint density at radius 2 is 1.86 bits per heavy atom. The molecule has 2 aromatic carbocycles. The van der Waals surface area contributed by atoms with Crippen molar-refractivity contribution in [3.05, 3.63) is 65.1 Å². The summed E-state index contributed by atoms with van der Waals surface area (Å²) in [5.74, 6) is -3.10. The van der Waals surface area contributed by atoms with E-state index >= 15 is 4.39 Å². The first-order chi connectivity index (χ1) is 21.2. The molecule has 1 atom stereocenters. The van der Waals surface area contributed by atoms with Crippen molar-refractivity contribution in [1.82, 2.24) is 14.8 Å². The molecule has 1 N–H and O–H groups in total. The molecule has 2 aliphatic heterocycles. The summed E-state index contributed by atoms with van der Waals surface area (Å²) in [4.78, 5) is 21.3. The Balaban J connectivity index is 1.25. The Morgan fingerprint density at radius 1 is 1.11 bits per heavy atom. The zero-order chi connectivity index (χ0) is 31.3. The predicted octanol–water partition coefficient (Wildman–Crippen LogP) is 6.24. The number of rotatable bonds is 12. The number of aliphatic carboxylic acids is 1. The maximum Gasteiger partial charge on any atom is 0.309 e. The number of methoxy groups -OCH3 is 1. The molecule has 2 saturated heterocycles. The van der Waals surface area contributed by atoms with E-state index < -0.39 is 35.0 Å². The summed E-state index contributed by atoms with van der Waals surface area (Å²) in [6.45, 7) is 4.65. The van der Waals surface area contributed by atoms with Crippen LogP contribution in [0.25, 0.3) is 10.9 Å². The number of halogens is 4. The van der Waals surface area contributed by atoms with Crippen LogP contribution in [-0.4, -0.2) is 84.7 Å². The van der Waals surface area contributed by atoms with Gasteiger partial charge in [0.25, 0.3) is 0 Å². The van der Waals surface area contributed by atoms with Gasteiger partial charge < -0.3 is 19.5 Å². The summed E-state index contributed by atoms with van der Waals surface area (Å²) in [6, 6.07) is 6.86. The maximum atomic E-state index is 16.4. The van der Waals surface area contributed by atoms with Gasteiger partial charge in [0.05, 0.1) is 31.3 Å². The lowest BCUT2D eigenvalue weighted by Crippen LogP contribution is -2.45. The third-order valence-electron chi connectivity index (χ3n) is 8.78. The first kappa shape index (κ1) is 32.5. The standard InChI is InChI=1S/C32H37F4N3O4S/c1-42-23-2-3-27-24(18-23)29(21(19-37-27)20-39-10-13-43-14-11-39)25(34)4-5-32(31(40)41)6-8-38(9-7-32)12-15-44-28-17-22(33)16-26(35)30(28)36/h2-3,16-19,25H,4-15,20H2,1H3,(H,40,41). The first-order valence-electron chi connectivity index (χ1n) is 14.8. The van der Waals surface area contributed by atoms with Crippen molar-refractivity contribution in [3.8, 4) is 5.75 Å². The van der Waals surface area contributed by atoms with Crippen LogP contribution in [0.4, 0.5) is 17.6 Å². The molecule has 0 bridgehead atoms. The highest BCUT2D eigenvalue weighted by atomic mass is 32.2. The fraction of sp³-hybridized carbons (Fsp3) is 0.500. The Morgan fingerprint density at radius 3 is 2.57 bits per heavy atom. The predicted molar refractivity (Wildman–Crippen MR) is 160 cm³/mol. The summed E-state index contributed by atoms with van der Waals surface area (Å²) < 4.78 is 68.3. The van der Waals surface area contributed by atoms with Gasteiger partial charge in [-0.15, -0.1) is 11.8 Å². The largest absolute Gasteiger partial charge is 0.497 e. The molecule has 44 heavy (non-hydrogen) atoms. The molecule has 1 unspecified atom stereocenters. The summed E-state index contributed by atoms with van der Waals surface area (Å²) >= 11 is 1.02. The molecule has 3 aromatic rings. The van der Waals surface area contributed by atoms with Crippen LogP contribution >= 0.6 is 11.8 Å². The molecular formula is C32H37F4N3O4S. The van der Waals surface area contributed by atoms with E-state index in [1.807, 2.05) is 0 Å². The van der Waals surface area contributed by atoms with E-state index in [1.165, 1.54) is 0 Å².